The summed E-state index contributed by atoms with van der Waals surface area (Å²) >= 11 is 0. The molecule has 0 spiro atoms. The van der Waals surface area contributed by atoms with Crippen LogP contribution in [0.5, 0.6) is 0 Å². The lowest BCUT2D eigenvalue weighted by Gasteiger charge is -2.24. The maximum Gasteiger partial charge on any atom is 0.242 e. The van der Waals surface area contributed by atoms with Crippen LogP contribution in [0, 0.1) is 11.6 Å². The van der Waals surface area contributed by atoms with Crippen molar-refractivity contribution in [2.24, 2.45) is 5.73 Å². The minimum atomic E-state index is -0.929. The number of benzene rings is 1. The number of halogens is 2. The van der Waals surface area contributed by atoms with E-state index in [1.165, 1.54) is 18.1 Å². The number of hydrogen-bond acceptors (Lipinski definition) is 3. The number of carbonyl (C=O) groups is 1. The van der Waals surface area contributed by atoms with Crippen LogP contribution in [0.1, 0.15) is 12.5 Å². The van der Waals surface area contributed by atoms with E-state index in [0.717, 1.165) is 12.1 Å². The molecule has 0 aromatic heterocycles. The van der Waals surface area contributed by atoms with E-state index in [0.29, 0.717) is 12.1 Å². The van der Waals surface area contributed by atoms with Crippen molar-refractivity contribution in [3.05, 3.63) is 35.4 Å². The van der Waals surface area contributed by atoms with Crippen molar-refractivity contribution in [3.8, 4) is 0 Å². The second kappa shape index (κ2) is 7.16. The SMILES string of the molecule is CCN(Cc1ccc(F)c(F)c1)C(=O)C(N)COC. The molecule has 0 aliphatic carbocycles. The summed E-state index contributed by atoms with van der Waals surface area (Å²) < 4.78 is 30.7. The lowest BCUT2D eigenvalue weighted by atomic mass is 10.2. The summed E-state index contributed by atoms with van der Waals surface area (Å²) in [7, 11) is 1.46. The molecule has 0 saturated carbocycles. The third-order valence-corrected chi connectivity index (χ3v) is 2.71. The molecule has 4 nitrogen and oxygen atoms in total. The molecular formula is C13H18F2N2O2. The predicted molar refractivity (Wildman–Crippen MR) is 67.3 cm³/mol. The van der Waals surface area contributed by atoms with Gasteiger partial charge in [-0.3, -0.25) is 4.79 Å². The van der Waals surface area contributed by atoms with Gasteiger partial charge in [0, 0.05) is 20.2 Å². The fourth-order valence-electron chi connectivity index (χ4n) is 1.69. The van der Waals surface area contributed by atoms with E-state index >= 15 is 0 Å². The Kier molecular flexibility index (Phi) is 5.85. The molecule has 1 aromatic rings. The molecule has 1 atom stereocenters. The maximum atomic E-state index is 13.1. The average Bonchev–Trinajstić information content (AvgIpc) is 2.39. The molecular weight excluding hydrogens is 254 g/mol. The number of nitrogens with zero attached hydrogens (tertiary/aromatic N) is 1. The van der Waals surface area contributed by atoms with Gasteiger partial charge in [-0.1, -0.05) is 6.07 Å². The van der Waals surface area contributed by atoms with E-state index in [9.17, 15) is 13.6 Å². The molecule has 0 heterocycles. The minimum Gasteiger partial charge on any atom is -0.383 e. The highest BCUT2D eigenvalue weighted by atomic mass is 19.2. The van der Waals surface area contributed by atoms with Gasteiger partial charge in [0.15, 0.2) is 11.6 Å². The van der Waals surface area contributed by atoms with Crippen molar-refractivity contribution in [1.82, 2.24) is 4.90 Å². The van der Waals surface area contributed by atoms with E-state index in [1.54, 1.807) is 6.92 Å². The molecule has 0 bridgehead atoms. The molecule has 106 valence electrons. The number of ether oxygens (including phenoxy) is 1. The summed E-state index contributed by atoms with van der Waals surface area (Å²) in [6.45, 7) is 2.52. The number of likely N-dealkylation sites (N-methyl/N-ethyl adjacent to an activating group) is 1. The summed E-state index contributed by atoms with van der Waals surface area (Å²) in [5, 5.41) is 0. The van der Waals surface area contributed by atoms with Crippen LogP contribution in [-0.4, -0.2) is 37.1 Å². The van der Waals surface area contributed by atoms with Crippen molar-refractivity contribution >= 4 is 5.91 Å². The van der Waals surface area contributed by atoms with Crippen LogP contribution >= 0.6 is 0 Å². The first-order chi connectivity index (χ1) is 8.99. The third kappa shape index (κ3) is 4.25. The van der Waals surface area contributed by atoms with Crippen molar-refractivity contribution in [2.45, 2.75) is 19.5 Å². The first-order valence-corrected chi connectivity index (χ1v) is 5.96. The fraction of sp³-hybridized carbons (Fsp3) is 0.462. The maximum absolute atomic E-state index is 13.1. The smallest absolute Gasteiger partial charge is 0.242 e. The lowest BCUT2D eigenvalue weighted by Crippen LogP contribution is -2.45. The van der Waals surface area contributed by atoms with Gasteiger partial charge in [-0.2, -0.15) is 0 Å². The Bertz CT molecular complexity index is 441. The highest BCUT2D eigenvalue weighted by Crippen LogP contribution is 2.11. The second-order valence-corrected chi connectivity index (χ2v) is 4.16. The van der Waals surface area contributed by atoms with E-state index in [-0.39, 0.29) is 19.1 Å². The summed E-state index contributed by atoms with van der Waals surface area (Å²) in [6, 6.07) is 2.80. The molecule has 0 saturated heterocycles. The van der Waals surface area contributed by atoms with Gasteiger partial charge >= 0.3 is 0 Å². The van der Waals surface area contributed by atoms with Crippen LogP contribution in [0.2, 0.25) is 0 Å². The summed E-state index contributed by atoms with van der Waals surface area (Å²) in [4.78, 5) is 13.4. The quantitative estimate of drug-likeness (QED) is 0.849. The predicted octanol–water partition coefficient (Wildman–Crippen LogP) is 1.29. The molecule has 1 unspecified atom stereocenters. The van der Waals surface area contributed by atoms with Gasteiger partial charge in [0.2, 0.25) is 5.91 Å². The molecule has 0 radical (unpaired) electrons. The largest absolute Gasteiger partial charge is 0.383 e. The first-order valence-electron chi connectivity index (χ1n) is 5.96. The molecule has 6 heteroatoms. The monoisotopic (exact) mass is 272 g/mol. The zero-order chi connectivity index (χ0) is 14.4. The summed E-state index contributed by atoms with van der Waals surface area (Å²) in [5.41, 5.74) is 6.17. The van der Waals surface area contributed by atoms with Crippen molar-refractivity contribution in [2.75, 3.05) is 20.3 Å². The highest BCUT2D eigenvalue weighted by Gasteiger charge is 2.20. The van der Waals surface area contributed by atoms with Gasteiger partial charge in [-0.25, -0.2) is 8.78 Å². The number of nitrogens with two attached hydrogens (primary N) is 1. The number of methoxy groups -OCH3 is 1. The van der Waals surface area contributed by atoms with Gasteiger partial charge < -0.3 is 15.4 Å². The Morgan fingerprint density at radius 2 is 2.11 bits per heavy atom. The van der Waals surface area contributed by atoms with Gasteiger partial charge in [0.1, 0.15) is 6.04 Å². The molecule has 0 aliphatic rings. The third-order valence-electron chi connectivity index (χ3n) is 2.71. The van der Waals surface area contributed by atoms with Crippen LogP contribution in [0.4, 0.5) is 8.78 Å². The average molecular weight is 272 g/mol. The number of rotatable bonds is 6. The van der Waals surface area contributed by atoms with Crippen LogP contribution < -0.4 is 5.73 Å². The van der Waals surface area contributed by atoms with Gasteiger partial charge in [-0.15, -0.1) is 0 Å². The van der Waals surface area contributed by atoms with E-state index in [2.05, 4.69) is 0 Å². The summed E-state index contributed by atoms with van der Waals surface area (Å²) in [5.74, 6) is -2.12. The molecule has 2 N–H and O–H groups in total. The van der Waals surface area contributed by atoms with Crippen LogP contribution in [0.25, 0.3) is 0 Å². The standard InChI is InChI=1S/C13H18F2N2O2/c1-3-17(13(18)12(16)8-19-2)7-9-4-5-10(14)11(15)6-9/h4-6,12H,3,7-8,16H2,1-2H3. The molecule has 19 heavy (non-hydrogen) atoms. The number of hydrogen-bond donors (Lipinski definition) is 1. The van der Waals surface area contributed by atoms with Crippen LogP contribution in [0.15, 0.2) is 18.2 Å². The van der Waals surface area contributed by atoms with Crippen molar-refractivity contribution in [3.63, 3.8) is 0 Å². The van der Waals surface area contributed by atoms with Crippen LogP contribution in [-0.2, 0) is 16.1 Å². The number of carbonyl (C=O) groups excluding carboxylic acids is 1. The minimum absolute atomic E-state index is 0.118. The van der Waals surface area contributed by atoms with Gasteiger partial charge in [0.25, 0.3) is 0 Å². The zero-order valence-corrected chi connectivity index (χ0v) is 11.0. The Morgan fingerprint density at radius 1 is 1.42 bits per heavy atom. The lowest BCUT2D eigenvalue weighted by molar-refractivity contribution is -0.134. The Labute approximate surface area is 111 Å². The van der Waals surface area contributed by atoms with Gasteiger partial charge in [0.05, 0.1) is 6.61 Å². The summed E-state index contributed by atoms with van der Waals surface area (Å²) in [6.07, 6.45) is 0. The topological polar surface area (TPSA) is 55.6 Å². The highest BCUT2D eigenvalue weighted by molar-refractivity contribution is 5.81. The fourth-order valence-corrected chi connectivity index (χ4v) is 1.69. The van der Waals surface area contributed by atoms with Gasteiger partial charge in [-0.05, 0) is 24.6 Å². The van der Waals surface area contributed by atoms with E-state index in [4.69, 9.17) is 10.5 Å². The van der Waals surface area contributed by atoms with E-state index < -0.39 is 17.7 Å². The molecule has 0 aliphatic heterocycles. The molecule has 1 rings (SSSR count). The van der Waals surface area contributed by atoms with Crippen LogP contribution in [0.3, 0.4) is 0 Å². The zero-order valence-electron chi connectivity index (χ0n) is 11.0. The molecule has 1 aromatic carbocycles. The second-order valence-electron chi connectivity index (χ2n) is 4.16. The molecule has 0 fully saturated rings. The Hall–Kier alpha value is -1.53. The first kappa shape index (κ1) is 15.5. The Balaban J connectivity index is 2.75. The van der Waals surface area contributed by atoms with E-state index in [1.807, 2.05) is 0 Å². The number of amides is 1. The molecule has 1 amide bonds. The normalized spacial score (nSPS) is 12.3. The van der Waals surface area contributed by atoms with Crippen molar-refractivity contribution in [1.29, 1.82) is 0 Å². The Morgan fingerprint density at radius 3 is 2.63 bits per heavy atom. The van der Waals surface area contributed by atoms with Crippen molar-refractivity contribution < 1.29 is 18.3 Å².